The molecule has 1 aromatic rings. The first kappa shape index (κ1) is 11.7. The van der Waals surface area contributed by atoms with Gasteiger partial charge in [0.1, 0.15) is 0 Å². The lowest BCUT2D eigenvalue weighted by atomic mass is 10.1. The van der Waals surface area contributed by atoms with E-state index >= 15 is 0 Å². The summed E-state index contributed by atoms with van der Waals surface area (Å²) in [6.45, 7) is 0.119. The lowest BCUT2D eigenvalue weighted by molar-refractivity contribution is -0.139. The van der Waals surface area contributed by atoms with Gasteiger partial charge < -0.3 is 14.2 Å². The highest BCUT2D eigenvalue weighted by molar-refractivity contribution is 6.43. The minimum Gasteiger partial charge on any atom is -0.468 e. The summed E-state index contributed by atoms with van der Waals surface area (Å²) in [4.78, 5) is 22.9. The predicted octanol–water partition coefficient (Wildman–Crippen LogP) is 1.38. The molecule has 0 aliphatic carbocycles. The first-order valence-corrected chi connectivity index (χ1v) is 5.23. The number of methoxy groups -OCH3 is 1. The van der Waals surface area contributed by atoms with E-state index in [4.69, 9.17) is 21.1 Å². The van der Waals surface area contributed by atoms with Gasteiger partial charge >= 0.3 is 5.97 Å². The topological polar surface area (TPSA) is 61.8 Å². The summed E-state index contributed by atoms with van der Waals surface area (Å²) in [5.41, 5.74) is 0.277. The SMILES string of the molecule is COC(=O)C(Cl)C(=O)c1ccc2c(c1)OCO2. The second-order valence-electron chi connectivity index (χ2n) is 3.32. The molecule has 1 aromatic carbocycles. The number of benzene rings is 1. The van der Waals surface area contributed by atoms with Crippen molar-refractivity contribution >= 4 is 23.4 Å². The number of carbonyl (C=O) groups is 2. The number of ether oxygens (including phenoxy) is 3. The second kappa shape index (κ2) is 4.63. The third-order valence-corrected chi connectivity index (χ3v) is 2.67. The van der Waals surface area contributed by atoms with Crippen LogP contribution in [-0.4, -0.2) is 31.0 Å². The molecular formula is C11H9ClO5. The summed E-state index contributed by atoms with van der Waals surface area (Å²) in [5, 5.41) is -1.35. The first-order chi connectivity index (χ1) is 8.13. The van der Waals surface area contributed by atoms with Crippen molar-refractivity contribution in [3.8, 4) is 11.5 Å². The van der Waals surface area contributed by atoms with E-state index in [1.165, 1.54) is 19.2 Å². The van der Waals surface area contributed by atoms with Crippen molar-refractivity contribution in [3.05, 3.63) is 23.8 Å². The predicted molar refractivity (Wildman–Crippen MR) is 58.6 cm³/mol. The number of halogens is 1. The number of esters is 1. The maximum absolute atomic E-state index is 11.8. The van der Waals surface area contributed by atoms with E-state index in [2.05, 4.69) is 4.74 Å². The van der Waals surface area contributed by atoms with E-state index in [1.807, 2.05) is 0 Å². The van der Waals surface area contributed by atoms with Crippen LogP contribution >= 0.6 is 11.6 Å². The zero-order valence-corrected chi connectivity index (χ0v) is 9.69. The highest BCUT2D eigenvalue weighted by Crippen LogP contribution is 2.33. The molecule has 2 rings (SSSR count). The van der Waals surface area contributed by atoms with Gasteiger partial charge in [-0.3, -0.25) is 4.79 Å². The molecular weight excluding hydrogens is 248 g/mol. The van der Waals surface area contributed by atoms with E-state index in [-0.39, 0.29) is 12.4 Å². The Kier molecular flexibility index (Phi) is 3.19. The van der Waals surface area contributed by atoms with Crippen LogP contribution in [0.4, 0.5) is 0 Å². The molecule has 0 amide bonds. The zero-order valence-electron chi connectivity index (χ0n) is 8.94. The number of ketones is 1. The minimum atomic E-state index is -1.35. The lowest BCUT2D eigenvalue weighted by Crippen LogP contribution is -2.25. The maximum atomic E-state index is 11.8. The van der Waals surface area contributed by atoms with Gasteiger partial charge in [-0.25, -0.2) is 4.79 Å². The molecule has 0 fully saturated rings. The van der Waals surface area contributed by atoms with Crippen LogP contribution in [0.15, 0.2) is 18.2 Å². The van der Waals surface area contributed by atoms with E-state index in [9.17, 15) is 9.59 Å². The average molecular weight is 257 g/mol. The van der Waals surface area contributed by atoms with Crippen molar-refractivity contribution in [2.45, 2.75) is 5.38 Å². The Labute approximate surface area is 102 Å². The molecule has 0 saturated carbocycles. The molecule has 6 heteroatoms. The summed E-state index contributed by atoms with van der Waals surface area (Å²) in [6.07, 6.45) is 0. The smallest absolute Gasteiger partial charge is 0.331 e. The molecule has 1 atom stereocenters. The number of carbonyl (C=O) groups excluding carboxylic acids is 2. The van der Waals surface area contributed by atoms with Gasteiger partial charge in [-0.2, -0.15) is 0 Å². The molecule has 0 saturated heterocycles. The number of hydrogen-bond acceptors (Lipinski definition) is 5. The molecule has 0 bridgehead atoms. The van der Waals surface area contributed by atoms with Crippen molar-refractivity contribution in [2.75, 3.05) is 13.9 Å². The summed E-state index contributed by atoms with van der Waals surface area (Å²) in [7, 11) is 1.17. The molecule has 0 aromatic heterocycles. The van der Waals surface area contributed by atoms with Gasteiger partial charge in [-0.15, -0.1) is 11.6 Å². The van der Waals surface area contributed by atoms with Gasteiger partial charge in [0.05, 0.1) is 7.11 Å². The second-order valence-corrected chi connectivity index (χ2v) is 3.75. The van der Waals surface area contributed by atoms with Crippen LogP contribution in [0, 0.1) is 0 Å². The standard InChI is InChI=1S/C11H9ClO5/c1-15-11(14)9(12)10(13)6-2-3-7-8(4-6)17-5-16-7/h2-4,9H,5H2,1H3. The van der Waals surface area contributed by atoms with E-state index in [0.29, 0.717) is 11.5 Å². The van der Waals surface area contributed by atoms with Gasteiger partial charge in [0.25, 0.3) is 0 Å². The Morgan fingerprint density at radius 1 is 1.35 bits per heavy atom. The fourth-order valence-corrected chi connectivity index (χ4v) is 1.62. The molecule has 17 heavy (non-hydrogen) atoms. The molecule has 0 spiro atoms. The number of hydrogen-bond donors (Lipinski definition) is 0. The van der Waals surface area contributed by atoms with Crippen molar-refractivity contribution in [2.24, 2.45) is 0 Å². The largest absolute Gasteiger partial charge is 0.468 e. The number of rotatable bonds is 3. The molecule has 1 unspecified atom stereocenters. The van der Waals surface area contributed by atoms with Crippen molar-refractivity contribution in [1.82, 2.24) is 0 Å². The van der Waals surface area contributed by atoms with E-state index < -0.39 is 17.1 Å². The molecule has 1 heterocycles. The Morgan fingerprint density at radius 2 is 2.06 bits per heavy atom. The maximum Gasteiger partial charge on any atom is 0.331 e. The lowest BCUT2D eigenvalue weighted by Gasteiger charge is -2.06. The normalized spacial score (nSPS) is 14.2. The first-order valence-electron chi connectivity index (χ1n) is 4.79. The highest BCUT2D eigenvalue weighted by Gasteiger charge is 2.27. The average Bonchev–Trinajstić information content (AvgIpc) is 2.83. The van der Waals surface area contributed by atoms with Gasteiger partial charge in [0, 0.05) is 5.56 Å². The summed E-state index contributed by atoms with van der Waals surface area (Å²) >= 11 is 5.67. The Balaban J connectivity index is 2.23. The van der Waals surface area contributed by atoms with Crippen LogP contribution in [0.5, 0.6) is 11.5 Å². The Bertz CT molecular complexity index is 471. The monoisotopic (exact) mass is 256 g/mol. The third kappa shape index (κ3) is 2.19. The fourth-order valence-electron chi connectivity index (χ4n) is 1.41. The van der Waals surface area contributed by atoms with Crippen LogP contribution in [0.1, 0.15) is 10.4 Å². The van der Waals surface area contributed by atoms with Crippen LogP contribution in [0.25, 0.3) is 0 Å². The van der Waals surface area contributed by atoms with Gasteiger partial charge in [0.2, 0.25) is 6.79 Å². The van der Waals surface area contributed by atoms with Crippen molar-refractivity contribution < 1.29 is 23.8 Å². The fraction of sp³-hybridized carbons (Fsp3) is 0.273. The van der Waals surface area contributed by atoms with Crippen molar-refractivity contribution in [3.63, 3.8) is 0 Å². The van der Waals surface area contributed by atoms with E-state index in [0.717, 1.165) is 0 Å². The summed E-state index contributed by atoms with van der Waals surface area (Å²) in [5.74, 6) is -0.290. The molecule has 90 valence electrons. The van der Waals surface area contributed by atoms with E-state index in [1.54, 1.807) is 6.07 Å². The van der Waals surface area contributed by atoms with Crippen LogP contribution in [-0.2, 0) is 9.53 Å². The minimum absolute atomic E-state index is 0.119. The van der Waals surface area contributed by atoms with Gasteiger partial charge in [0.15, 0.2) is 22.7 Å². The number of fused-ring (bicyclic) bond motifs is 1. The molecule has 0 radical (unpaired) electrons. The van der Waals surface area contributed by atoms with Gasteiger partial charge in [-0.05, 0) is 18.2 Å². The highest BCUT2D eigenvalue weighted by atomic mass is 35.5. The van der Waals surface area contributed by atoms with Crippen LogP contribution in [0.2, 0.25) is 0 Å². The number of Topliss-reactive ketones (excluding diaryl/α,β-unsaturated/α-hetero) is 1. The molecule has 1 aliphatic heterocycles. The molecule has 1 aliphatic rings. The van der Waals surface area contributed by atoms with Gasteiger partial charge in [-0.1, -0.05) is 0 Å². The zero-order chi connectivity index (χ0) is 12.4. The Hall–Kier alpha value is -1.75. The molecule has 0 N–H and O–H groups in total. The quantitative estimate of drug-likeness (QED) is 0.354. The summed E-state index contributed by atoms with van der Waals surface area (Å²) < 4.78 is 14.6. The number of alkyl halides is 1. The summed E-state index contributed by atoms with van der Waals surface area (Å²) in [6, 6.07) is 4.60. The van der Waals surface area contributed by atoms with Crippen molar-refractivity contribution in [1.29, 1.82) is 0 Å². The molecule has 5 nitrogen and oxygen atoms in total. The van der Waals surface area contributed by atoms with Crippen LogP contribution in [0.3, 0.4) is 0 Å². The van der Waals surface area contributed by atoms with Crippen LogP contribution < -0.4 is 9.47 Å². The Morgan fingerprint density at radius 3 is 2.76 bits per heavy atom. The third-order valence-electron chi connectivity index (χ3n) is 2.30.